The predicted molar refractivity (Wildman–Crippen MR) is 70.4 cm³/mol. The van der Waals surface area contributed by atoms with Gasteiger partial charge in [0.25, 0.3) is 0 Å². The highest BCUT2D eigenvalue weighted by Gasteiger charge is 2.14. The molecule has 0 aliphatic rings. The van der Waals surface area contributed by atoms with Gasteiger partial charge in [0.2, 0.25) is 0 Å². The number of halogens is 1. The molecule has 1 atom stereocenters. The van der Waals surface area contributed by atoms with E-state index in [0.717, 1.165) is 23.0 Å². The van der Waals surface area contributed by atoms with Gasteiger partial charge in [0.1, 0.15) is 0 Å². The van der Waals surface area contributed by atoms with Crippen LogP contribution in [0.2, 0.25) is 5.02 Å². The lowest BCUT2D eigenvalue weighted by molar-refractivity contribution is 0.699. The topological polar surface area (TPSA) is 52.9 Å². The minimum absolute atomic E-state index is 0.0571. The molecule has 2 N–H and O–H groups in total. The molecule has 0 spiro atoms. The first-order chi connectivity index (χ1) is 7.97. The zero-order chi connectivity index (χ0) is 12.7. The van der Waals surface area contributed by atoms with Gasteiger partial charge in [-0.05, 0) is 24.1 Å². The van der Waals surface area contributed by atoms with Crippen LogP contribution in [0.25, 0.3) is 11.0 Å². The summed E-state index contributed by atoms with van der Waals surface area (Å²) in [6.07, 6.45) is 0.812. The van der Waals surface area contributed by atoms with Gasteiger partial charge in [0.05, 0.1) is 11.0 Å². The Morgan fingerprint density at radius 2 is 1.82 bits per heavy atom. The quantitative estimate of drug-likeness (QED) is 0.889. The van der Waals surface area contributed by atoms with Crippen LogP contribution >= 0.6 is 11.6 Å². The van der Waals surface area contributed by atoms with Crippen LogP contribution in [0.4, 0.5) is 0 Å². The third-order valence-electron chi connectivity index (χ3n) is 3.23. The molecule has 0 bridgehead atoms. The van der Waals surface area contributed by atoms with Crippen LogP contribution in [-0.4, -0.2) is 9.13 Å². The van der Waals surface area contributed by atoms with Crippen molar-refractivity contribution in [2.24, 2.45) is 19.8 Å². The van der Waals surface area contributed by atoms with E-state index in [9.17, 15) is 4.79 Å². The molecule has 1 aromatic heterocycles. The van der Waals surface area contributed by atoms with Crippen LogP contribution in [0.3, 0.4) is 0 Å². The smallest absolute Gasteiger partial charge is 0.324 e. The van der Waals surface area contributed by atoms with Crippen molar-refractivity contribution in [2.75, 3.05) is 0 Å². The van der Waals surface area contributed by atoms with Gasteiger partial charge in [-0.2, -0.15) is 0 Å². The number of rotatable bonds is 2. The number of hydrogen-bond acceptors (Lipinski definition) is 2. The van der Waals surface area contributed by atoms with E-state index in [0.29, 0.717) is 5.02 Å². The Bertz CT molecular complexity index is 627. The molecule has 0 saturated carbocycles. The van der Waals surface area contributed by atoms with Crippen molar-refractivity contribution in [2.45, 2.75) is 19.4 Å². The maximum Gasteiger partial charge on any atom is 0.328 e. The van der Waals surface area contributed by atoms with Crippen molar-refractivity contribution in [3.05, 3.63) is 33.2 Å². The monoisotopic (exact) mass is 253 g/mol. The number of aryl methyl sites for hydroxylation is 2. The van der Waals surface area contributed by atoms with Crippen molar-refractivity contribution >= 4 is 22.6 Å². The highest BCUT2D eigenvalue weighted by Crippen LogP contribution is 2.28. The molecule has 1 heterocycles. The van der Waals surface area contributed by atoms with Crippen LogP contribution in [0, 0.1) is 0 Å². The third kappa shape index (κ3) is 1.77. The van der Waals surface area contributed by atoms with Gasteiger partial charge < -0.3 is 5.73 Å². The fourth-order valence-electron chi connectivity index (χ4n) is 2.04. The maximum atomic E-state index is 11.8. The highest BCUT2D eigenvalue weighted by molar-refractivity contribution is 6.32. The van der Waals surface area contributed by atoms with E-state index >= 15 is 0 Å². The molecule has 1 aromatic carbocycles. The molecule has 2 rings (SSSR count). The number of imidazole rings is 1. The van der Waals surface area contributed by atoms with E-state index in [1.165, 1.54) is 0 Å². The van der Waals surface area contributed by atoms with E-state index in [-0.39, 0.29) is 11.7 Å². The van der Waals surface area contributed by atoms with Crippen molar-refractivity contribution in [3.8, 4) is 0 Å². The minimum Gasteiger partial charge on any atom is -0.324 e. The molecule has 5 heteroatoms. The fraction of sp³-hybridized carbons (Fsp3) is 0.417. The standard InChI is InChI=1S/C12H16ClN3O/c1-4-9(14)7-5-10-11(6-8(7)13)16(3)12(17)15(10)2/h5-6,9H,4,14H2,1-3H3. The van der Waals surface area contributed by atoms with Crippen LogP contribution < -0.4 is 11.4 Å². The summed E-state index contributed by atoms with van der Waals surface area (Å²) in [6.45, 7) is 2.01. The summed E-state index contributed by atoms with van der Waals surface area (Å²) in [6, 6.07) is 3.62. The molecular formula is C12H16ClN3O. The van der Waals surface area contributed by atoms with Crippen molar-refractivity contribution < 1.29 is 0 Å². The summed E-state index contributed by atoms with van der Waals surface area (Å²) in [5.74, 6) is 0. The van der Waals surface area contributed by atoms with Gasteiger partial charge in [-0.1, -0.05) is 18.5 Å². The second-order valence-electron chi connectivity index (χ2n) is 4.28. The molecule has 0 saturated heterocycles. The molecule has 17 heavy (non-hydrogen) atoms. The molecule has 0 fully saturated rings. The SMILES string of the molecule is CCC(N)c1cc2c(cc1Cl)n(C)c(=O)n2C. The van der Waals surface area contributed by atoms with Gasteiger partial charge in [0.15, 0.2) is 0 Å². The lowest BCUT2D eigenvalue weighted by Gasteiger charge is -2.11. The lowest BCUT2D eigenvalue weighted by atomic mass is 10.0. The highest BCUT2D eigenvalue weighted by atomic mass is 35.5. The Morgan fingerprint density at radius 1 is 1.29 bits per heavy atom. The van der Waals surface area contributed by atoms with Gasteiger partial charge in [0, 0.05) is 25.2 Å². The Balaban J connectivity index is 2.81. The molecule has 4 nitrogen and oxygen atoms in total. The van der Waals surface area contributed by atoms with Crippen molar-refractivity contribution in [3.63, 3.8) is 0 Å². The number of hydrogen-bond donors (Lipinski definition) is 1. The largest absolute Gasteiger partial charge is 0.328 e. The number of nitrogens with two attached hydrogens (primary N) is 1. The van der Waals surface area contributed by atoms with Crippen LogP contribution in [0.15, 0.2) is 16.9 Å². The third-order valence-corrected chi connectivity index (χ3v) is 3.56. The molecule has 1 unspecified atom stereocenters. The predicted octanol–water partition coefficient (Wildman–Crippen LogP) is 1.94. The Hall–Kier alpha value is -1.26. The zero-order valence-corrected chi connectivity index (χ0v) is 11.0. The van der Waals surface area contributed by atoms with E-state index in [2.05, 4.69) is 0 Å². The Morgan fingerprint density at radius 3 is 2.35 bits per heavy atom. The summed E-state index contributed by atoms with van der Waals surface area (Å²) in [5.41, 5.74) is 8.53. The summed E-state index contributed by atoms with van der Waals surface area (Å²) in [5, 5.41) is 0.619. The van der Waals surface area contributed by atoms with Crippen LogP contribution in [-0.2, 0) is 14.1 Å². The molecule has 0 aliphatic heterocycles. The molecular weight excluding hydrogens is 238 g/mol. The van der Waals surface area contributed by atoms with E-state index < -0.39 is 0 Å². The number of nitrogens with zero attached hydrogens (tertiary/aromatic N) is 2. The first-order valence-corrected chi connectivity index (χ1v) is 5.95. The number of benzene rings is 1. The van der Waals surface area contributed by atoms with Gasteiger partial charge in [-0.15, -0.1) is 0 Å². The van der Waals surface area contributed by atoms with E-state index in [1.54, 1.807) is 23.2 Å². The summed E-state index contributed by atoms with van der Waals surface area (Å²) < 4.78 is 3.19. The molecule has 0 amide bonds. The second-order valence-corrected chi connectivity index (χ2v) is 4.68. The van der Waals surface area contributed by atoms with Gasteiger partial charge in [-0.25, -0.2) is 4.79 Å². The molecule has 0 radical (unpaired) electrons. The first kappa shape index (κ1) is 12.2. The molecule has 2 aromatic rings. The van der Waals surface area contributed by atoms with Gasteiger partial charge >= 0.3 is 5.69 Å². The molecule has 0 aliphatic carbocycles. The average Bonchev–Trinajstić information content (AvgIpc) is 2.53. The first-order valence-electron chi connectivity index (χ1n) is 5.57. The summed E-state index contributed by atoms with van der Waals surface area (Å²) in [4.78, 5) is 11.8. The fourth-order valence-corrected chi connectivity index (χ4v) is 2.34. The van der Waals surface area contributed by atoms with E-state index in [1.807, 2.05) is 19.1 Å². The maximum absolute atomic E-state index is 11.8. The van der Waals surface area contributed by atoms with Crippen molar-refractivity contribution in [1.29, 1.82) is 0 Å². The van der Waals surface area contributed by atoms with Crippen LogP contribution in [0.1, 0.15) is 24.9 Å². The summed E-state index contributed by atoms with van der Waals surface area (Å²) in [7, 11) is 3.49. The van der Waals surface area contributed by atoms with Gasteiger partial charge in [-0.3, -0.25) is 9.13 Å². The average molecular weight is 254 g/mol. The minimum atomic E-state index is -0.0952. The lowest BCUT2D eigenvalue weighted by Crippen LogP contribution is -2.19. The normalized spacial score (nSPS) is 13.2. The summed E-state index contributed by atoms with van der Waals surface area (Å²) >= 11 is 6.21. The second kappa shape index (κ2) is 4.20. The Kier molecular flexibility index (Phi) is 3.02. The number of aromatic nitrogens is 2. The van der Waals surface area contributed by atoms with Crippen LogP contribution in [0.5, 0.6) is 0 Å². The van der Waals surface area contributed by atoms with Crippen molar-refractivity contribution in [1.82, 2.24) is 9.13 Å². The van der Waals surface area contributed by atoms with E-state index in [4.69, 9.17) is 17.3 Å². The zero-order valence-electron chi connectivity index (χ0n) is 10.2. The molecule has 92 valence electrons. The number of fused-ring (bicyclic) bond motifs is 1. The Labute approximate surface area is 105 Å².